The molecule has 1 aliphatic rings. The molecule has 0 aliphatic carbocycles. The van der Waals surface area contributed by atoms with Crippen molar-refractivity contribution >= 4 is 11.4 Å². The number of rotatable bonds is 6. The topological polar surface area (TPSA) is 18.5 Å². The van der Waals surface area contributed by atoms with Crippen LogP contribution >= 0.6 is 0 Å². The Morgan fingerprint density at radius 2 is 1.38 bits per heavy atom. The predicted octanol–water partition coefficient (Wildman–Crippen LogP) is 3.90. The van der Waals surface area contributed by atoms with Crippen molar-refractivity contribution in [2.75, 3.05) is 31.1 Å². The number of hydrogen-bond acceptors (Lipinski definition) is 3. The standard InChI is InChI=1S/C21H29N3/c1-18-16-23(17-19(2)22-18)14-9-15-24(20-10-5-3-6-11-20)21-12-7-4-8-13-21/h3-8,10-13,18-19,22H,9,14-17H2,1-2H3/t18-,19-/m0/s1. The average molecular weight is 323 g/mol. The zero-order valence-corrected chi connectivity index (χ0v) is 14.9. The highest BCUT2D eigenvalue weighted by atomic mass is 15.2. The van der Waals surface area contributed by atoms with Gasteiger partial charge in [-0.25, -0.2) is 0 Å². The first-order valence-corrected chi connectivity index (χ1v) is 9.08. The minimum Gasteiger partial charge on any atom is -0.341 e. The van der Waals surface area contributed by atoms with Crippen molar-refractivity contribution in [1.29, 1.82) is 0 Å². The molecule has 128 valence electrons. The number of nitrogens with one attached hydrogen (secondary N) is 1. The first-order valence-electron chi connectivity index (χ1n) is 9.08. The smallest absolute Gasteiger partial charge is 0.0410 e. The quantitative estimate of drug-likeness (QED) is 0.870. The third-order valence-electron chi connectivity index (χ3n) is 4.62. The first-order chi connectivity index (χ1) is 11.7. The third kappa shape index (κ3) is 4.59. The van der Waals surface area contributed by atoms with Crippen LogP contribution in [0.15, 0.2) is 60.7 Å². The zero-order chi connectivity index (χ0) is 16.8. The summed E-state index contributed by atoms with van der Waals surface area (Å²) in [6.07, 6.45) is 1.17. The molecule has 0 radical (unpaired) electrons. The molecule has 3 heteroatoms. The zero-order valence-electron chi connectivity index (χ0n) is 14.9. The molecule has 2 atom stereocenters. The fourth-order valence-corrected chi connectivity index (χ4v) is 3.70. The van der Waals surface area contributed by atoms with E-state index in [1.165, 1.54) is 17.8 Å². The lowest BCUT2D eigenvalue weighted by Gasteiger charge is -2.36. The molecule has 1 saturated heterocycles. The SMILES string of the molecule is C[C@H]1CN(CCCN(c2ccccc2)c2ccccc2)C[C@H](C)N1. The molecule has 1 fully saturated rings. The average Bonchev–Trinajstić information content (AvgIpc) is 2.59. The third-order valence-corrected chi connectivity index (χ3v) is 4.62. The lowest BCUT2D eigenvalue weighted by atomic mass is 10.1. The Morgan fingerprint density at radius 1 is 0.875 bits per heavy atom. The predicted molar refractivity (Wildman–Crippen MR) is 103 cm³/mol. The van der Waals surface area contributed by atoms with Crippen molar-refractivity contribution < 1.29 is 0 Å². The monoisotopic (exact) mass is 323 g/mol. The molecular formula is C21H29N3. The molecule has 2 aromatic carbocycles. The summed E-state index contributed by atoms with van der Waals surface area (Å²) >= 11 is 0. The van der Waals surface area contributed by atoms with Crippen LogP contribution in [0.5, 0.6) is 0 Å². The molecule has 1 heterocycles. The maximum Gasteiger partial charge on any atom is 0.0410 e. The molecule has 0 saturated carbocycles. The van der Waals surface area contributed by atoms with Crippen molar-refractivity contribution in [2.24, 2.45) is 0 Å². The van der Waals surface area contributed by atoms with E-state index in [-0.39, 0.29) is 0 Å². The lowest BCUT2D eigenvalue weighted by Crippen LogP contribution is -2.54. The van der Waals surface area contributed by atoms with Crippen LogP contribution in [-0.4, -0.2) is 43.2 Å². The van der Waals surface area contributed by atoms with Crippen LogP contribution in [-0.2, 0) is 0 Å². The van der Waals surface area contributed by atoms with Gasteiger partial charge < -0.3 is 15.1 Å². The van der Waals surface area contributed by atoms with Gasteiger partial charge in [0, 0.05) is 43.1 Å². The molecule has 1 aliphatic heterocycles. The van der Waals surface area contributed by atoms with Crippen LogP contribution in [0.1, 0.15) is 20.3 Å². The molecule has 1 N–H and O–H groups in total. The van der Waals surface area contributed by atoms with E-state index in [0.717, 1.165) is 26.2 Å². The number of anilines is 2. The van der Waals surface area contributed by atoms with Gasteiger partial charge in [0.2, 0.25) is 0 Å². The fourth-order valence-electron chi connectivity index (χ4n) is 3.70. The summed E-state index contributed by atoms with van der Waals surface area (Å²) in [5.74, 6) is 0. The van der Waals surface area contributed by atoms with Crippen LogP contribution in [0.4, 0.5) is 11.4 Å². The Labute approximate surface area is 146 Å². The molecule has 0 bridgehead atoms. The second-order valence-corrected chi connectivity index (χ2v) is 6.90. The number of nitrogens with zero attached hydrogens (tertiary/aromatic N) is 2. The van der Waals surface area contributed by atoms with Crippen LogP contribution in [0.2, 0.25) is 0 Å². The molecule has 0 unspecified atom stereocenters. The van der Waals surface area contributed by atoms with Gasteiger partial charge in [0.1, 0.15) is 0 Å². The Bertz CT molecular complexity index is 549. The van der Waals surface area contributed by atoms with E-state index < -0.39 is 0 Å². The maximum atomic E-state index is 3.61. The van der Waals surface area contributed by atoms with E-state index in [1.54, 1.807) is 0 Å². The fraction of sp³-hybridized carbons (Fsp3) is 0.429. The lowest BCUT2D eigenvalue weighted by molar-refractivity contribution is 0.173. The maximum absolute atomic E-state index is 3.61. The number of benzene rings is 2. The van der Waals surface area contributed by atoms with Crippen LogP contribution in [0.25, 0.3) is 0 Å². The second-order valence-electron chi connectivity index (χ2n) is 6.90. The summed E-state index contributed by atoms with van der Waals surface area (Å²) in [7, 11) is 0. The molecule has 0 spiro atoms. The molecule has 0 amide bonds. The summed E-state index contributed by atoms with van der Waals surface area (Å²) in [5.41, 5.74) is 2.54. The van der Waals surface area contributed by atoms with E-state index in [2.05, 4.69) is 89.6 Å². The summed E-state index contributed by atoms with van der Waals surface area (Å²) in [4.78, 5) is 5.02. The van der Waals surface area contributed by atoms with E-state index in [1.807, 2.05) is 0 Å². The van der Waals surface area contributed by atoms with Crippen molar-refractivity contribution in [2.45, 2.75) is 32.4 Å². The molecular weight excluding hydrogens is 294 g/mol. The van der Waals surface area contributed by atoms with Gasteiger partial charge in [0.25, 0.3) is 0 Å². The van der Waals surface area contributed by atoms with Crippen molar-refractivity contribution in [3.05, 3.63) is 60.7 Å². The van der Waals surface area contributed by atoms with Crippen LogP contribution in [0.3, 0.4) is 0 Å². The van der Waals surface area contributed by atoms with Crippen LogP contribution in [0, 0.1) is 0 Å². The van der Waals surface area contributed by atoms with E-state index >= 15 is 0 Å². The normalized spacial score (nSPS) is 21.6. The highest BCUT2D eigenvalue weighted by Crippen LogP contribution is 2.25. The summed E-state index contributed by atoms with van der Waals surface area (Å²) in [6, 6.07) is 22.6. The van der Waals surface area contributed by atoms with Gasteiger partial charge in [-0.3, -0.25) is 0 Å². The van der Waals surface area contributed by atoms with E-state index in [0.29, 0.717) is 12.1 Å². The van der Waals surface area contributed by atoms with Crippen molar-refractivity contribution in [1.82, 2.24) is 10.2 Å². The van der Waals surface area contributed by atoms with Gasteiger partial charge in [0.15, 0.2) is 0 Å². The Morgan fingerprint density at radius 3 is 1.88 bits per heavy atom. The molecule has 2 aromatic rings. The summed E-state index contributed by atoms with van der Waals surface area (Å²) in [5, 5.41) is 3.61. The van der Waals surface area contributed by atoms with Gasteiger partial charge in [-0.2, -0.15) is 0 Å². The summed E-state index contributed by atoms with van der Waals surface area (Å²) < 4.78 is 0. The van der Waals surface area contributed by atoms with E-state index in [9.17, 15) is 0 Å². The Hall–Kier alpha value is -1.84. The Balaban J connectivity index is 1.63. The highest BCUT2D eigenvalue weighted by Gasteiger charge is 2.20. The van der Waals surface area contributed by atoms with Gasteiger partial charge in [-0.1, -0.05) is 36.4 Å². The van der Waals surface area contributed by atoms with Crippen molar-refractivity contribution in [3.8, 4) is 0 Å². The minimum atomic E-state index is 0.591. The number of hydrogen-bond donors (Lipinski definition) is 1. The van der Waals surface area contributed by atoms with Gasteiger partial charge in [0.05, 0.1) is 0 Å². The molecule has 3 rings (SSSR count). The largest absolute Gasteiger partial charge is 0.341 e. The second kappa shape index (κ2) is 8.32. The van der Waals surface area contributed by atoms with Crippen molar-refractivity contribution in [3.63, 3.8) is 0 Å². The number of piperazine rings is 1. The van der Waals surface area contributed by atoms with Gasteiger partial charge >= 0.3 is 0 Å². The minimum absolute atomic E-state index is 0.591. The van der Waals surface area contributed by atoms with Gasteiger partial charge in [-0.15, -0.1) is 0 Å². The summed E-state index contributed by atoms with van der Waals surface area (Å²) in [6.45, 7) is 9.07. The molecule has 3 nitrogen and oxygen atoms in total. The highest BCUT2D eigenvalue weighted by molar-refractivity contribution is 5.62. The van der Waals surface area contributed by atoms with Crippen LogP contribution < -0.4 is 10.2 Å². The van der Waals surface area contributed by atoms with Gasteiger partial charge in [-0.05, 0) is 51.1 Å². The molecule has 0 aromatic heterocycles. The molecule has 24 heavy (non-hydrogen) atoms. The number of para-hydroxylation sites is 2. The first kappa shape index (κ1) is 17.0. The van der Waals surface area contributed by atoms with E-state index in [4.69, 9.17) is 0 Å². The Kier molecular flexibility index (Phi) is 5.89.